The number of carbonyl (C=O) groups excluding carboxylic acids is 1. The van der Waals surface area contributed by atoms with Crippen LogP contribution in [0.15, 0.2) is 23.6 Å². The fourth-order valence-corrected chi connectivity index (χ4v) is 3.10. The first-order chi connectivity index (χ1) is 9.33. The number of nitrogens with zero attached hydrogens (tertiary/aromatic N) is 2. The zero-order valence-corrected chi connectivity index (χ0v) is 11.7. The minimum absolute atomic E-state index is 0.139. The maximum atomic E-state index is 12.1. The lowest BCUT2D eigenvalue weighted by molar-refractivity contribution is -0.128. The molecule has 0 aromatic carbocycles. The Morgan fingerprint density at radius 1 is 1.32 bits per heavy atom. The Bertz CT molecular complexity index is 445. The van der Waals surface area contributed by atoms with Crippen molar-refractivity contribution in [1.82, 2.24) is 15.1 Å². The standard InChI is InChI=1S/C14H19N3OS/c18-14(4-3-13-2-1-9-19-13)17-7-5-16(6-8-17)12-10-15-11-12/h1-4,9,12,15H,5-8,10-11H2. The van der Waals surface area contributed by atoms with Gasteiger partial charge < -0.3 is 10.2 Å². The zero-order chi connectivity index (χ0) is 13.1. The molecule has 1 N–H and O–H groups in total. The zero-order valence-electron chi connectivity index (χ0n) is 10.9. The highest BCUT2D eigenvalue weighted by Gasteiger charge is 2.28. The number of carbonyl (C=O) groups is 1. The lowest BCUT2D eigenvalue weighted by Crippen LogP contribution is -2.61. The smallest absolute Gasteiger partial charge is 0.246 e. The SMILES string of the molecule is O=C(C=Cc1cccs1)N1CCN(C2CNC2)CC1. The van der Waals surface area contributed by atoms with E-state index in [1.165, 1.54) is 0 Å². The number of rotatable bonds is 3. The van der Waals surface area contributed by atoms with Gasteiger partial charge in [0.2, 0.25) is 5.91 Å². The van der Waals surface area contributed by atoms with E-state index in [0.29, 0.717) is 6.04 Å². The molecule has 1 aromatic heterocycles. The van der Waals surface area contributed by atoms with Crippen LogP contribution >= 0.6 is 11.3 Å². The molecule has 2 saturated heterocycles. The highest BCUT2D eigenvalue weighted by molar-refractivity contribution is 7.10. The molecule has 1 aromatic rings. The van der Waals surface area contributed by atoms with Crippen LogP contribution in [-0.2, 0) is 4.79 Å². The van der Waals surface area contributed by atoms with Crippen LogP contribution in [0.1, 0.15) is 4.88 Å². The van der Waals surface area contributed by atoms with E-state index >= 15 is 0 Å². The van der Waals surface area contributed by atoms with Crippen molar-refractivity contribution in [2.75, 3.05) is 39.3 Å². The third-order valence-corrected chi connectivity index (χ3v) is 4.67. The Morgan fingerprint density at radius 2 is 2.11 bits per heavy atom. The molecule has 4 nitrogen and oxygen atoms in total. The Hall–Kier alpha value is -1.17. The van der Waals surface area contributed by atoms with Gasteiger partial charge in [-0.3, -0.25) is 9.69 Å². The van der Waals surface area contributed by atoms with Gasteiger partial charge in [-0.25, -0.2) is 0 Å². The summed E-state index contributed by atoms with van der Waals surface area (Å²) < 4.78 is 0. The molecule has 0 aliphatic carbocycles. The Balaban J connectivity index is 1.49. The van der Waals surface area contributed by atoms with Gasteiger partial charge in [-0.15, -0.1) is 11.3 Å². The molecule has 19 heavy (non-hydrogen) atoms. The predicted molar refractivity (Wildman–Crippen MR) is 78.2 cm³/mol. The van der Waals surface area contributed by atoms with Crippen molar-refractivity contribution in [1.29, 1.82) is 0 Å². The second-order valence-corrected chi connectivity index (χ2v) is 6.00. The average Bonchev–Trinajstić information content (AvgIpc) is 2.88. The molecule has 3 rings (SSSR count). The Kier molecular flexibility index (Phi) is 3.96. The molecular formula is C14H19N3OS. The van der Waals surface area contributed by atoms with E-state index in [1.54, 1.807) is 17.4 Å². The van der Waals surface area contributed by atoms with Gasteiger partial charge in [-0.1, -0.05) is 6.07 Å². The molecule has 2 fully saturated rings. The molecule has 1 amide bonds. The van der Waals surface area contributed by atoms with E-state index in [2.05, 4.69) is 10.2 Å². The maximum Gasteiger partial charge on any atom is 0.246 e. The lowest BCUT2D eigenvalue weighted by atomic mass is 10.1. The first-order valence-electron chi connectivity index (χ1n) is 6.78. The quantitative estimate of drug-likeness (QED) is 0.833. The second-order valence-electron chi connectivity index (χ2n) is 5.02. The summed E-state index contributed by atoms with van der Waals surface area (Å²) in [6, 6.07) is 4.72. The van der Waals surface area contributed by atoms with Crippen LogP contribution in [0.2, 0.25) is 0 Å². The summed E-state index contributed by atoms with van der Waals surface area (Å²) in [5.41, 5.74) is 0. The molecular weight excluding hydrogens is 258 g/mol. The summed E-state index contributed by atoms with van der Waals surface area (Å²) in [5.74, 6) is 0.139. The minimum Gasteiger partial charge on any atom is -0.337 e. The topological polar surface area (TPSA) is 35.6 Å². The third-order valence-electron chi connectivity index (χ3n) is 3.84. The monoisotopic (exact) mass is 277 g/mol. The molecule has 0 bridgehead atoms. The van der Waals surface area contributed by atoms with Gasteiger partial charge >= 0.3 is 0 Å². The van der Waals surface area contributed by atoms with Crippen molar-refractivity contribution in [3.8, 4) is 0 Å². The predicted octanol–water partition coefficient (Wildman–Crippen LogP) is 0.877. The van der Waals surface area contributed by atoms with E-state index < -0.39 is 0 Å². The van der Waals surface area contributed by atoms with Gasteiger partial charge in [0.15, 0.2) is 0 Å². The number of hydrogen-bond donors (Lipinski definition) is 1. The fourth-order valence-electron chi connectivity index (χ4n) is 2.48. The van der Waals surface area contributed by atoms with Crippen molar-refractivity contribution in [3.05, 3.63) is 28.5 Å². The van der Waals surface area contributed by atoms with Crippen LogP contribution in [0.5, 0.6) is 0 Å². The highest BCUT2D eigenvalue weighted by atomic mass is 32.1. The maximum absolute atomic E-state index is 12.1. The molecule has 102 valence electrons. The Morgan fingerprint density at radius 3 is 2.68 bits per heavy atom. The van der Waals surface area contributed by atoms with Crippen LogP contribution < -0.4 is 5.32 Å². The van der Waals surface area contributed by atoms with Gasteiger partial charge in [-0.05, 0) is 17.5 Å². The van der Waals surface area contributed by atoms with Crippen LogP contribution in [0, 0.1) is 0 Å². The van der Waals surface area contributed by atoms with E-state index in [1.807, 2.05) is 28.5 Å². The molecule has 0 saturated carbocycles. The number of amides is 1. The normalized spacial score (nSPS) is 21.8. The third kappa shape index (κ3) is 3.05. The van der Waals surface area contributed by atoms with Crippen molar-refractivity contribution >= 4 is 23.3 Å². The summed E-state index contributed by atoms with van der Waals surface area (Å²) in [6.07, 6.45) is 3.61. The highest BCUT2D eigenvalue weighted by Crippen LogP contribution is 2.12. The van der Waals surface area contributed by atoms with E-state index in [-0.39, 0.29) is 5.91 Å². The summed E-state index contributed by atoms with van der Waals surface area (Å²) in [6.45, 7) is 5.92. The number of piperazine rings is 1. The van der Waals surface area contributed by atoms with Crippen molar-refractivity contribution < 1.29 is 4.79 Å². The van der Waals surface area contributed by atoms with Crippen LogP contribution in [0.25, 0.3) is 6.08 Å². The Labute approximate surface area is 117 Å². The molecule has 0 unspecified atom stereocenters. The molecule has 2 aliphatic heterocycles. The average molecular weight is 277 g/mol. The van der Waals surface area contributed by atoms with Crippen molar-refractivity contribution in [3.63, 3.8) is 0 Å². The van der Waals surface area contributed by atoms with Crippen LogP contribution in [-0.4, -0.2) is 61.0 Å². The van der Waals surface area contributed by atoms with Crippen LogP contribution in [0.3, 0.4) is 0 Å². The van der Waals surface area contributed by atoms with Gasteiger partial charge in [0.25, 0.3) is 0 Å². The summed E-state index contributed by atoms with van der Waals surface area (Å²) in [4.78, 5) is 17.6. The number of hydrogen-bond acceptors (Lipinski definition) is 4. The summed E-state index contributed by atoms with van der Waals surface area (Å²) in [5, 5.41) is 5.32. The first-order valence-corrected chi connectivity index (χ1v) is 7.66. The molecule has 0 spiro atoms. The van der Waals surface area contributed by atoms with Gasteiger partial charge in [-0.2, -0.15) is 0 Å². The van der Waals surface area contributed by atoms with Crippen molar-refractivity contribution in [2.24, 2.45) is 0 Å². The summed E-state index contributed by atoms with van der Waals surface area (Å²) >= 11 is 1.65. The van der Waals surface area contributed by atoms with E-state index in [4.69, 9.17) is 0 Å². The first kappa shape index (κ1) is 12.8. The molecule has 5 heteroatoms. The van der Waals surface area contributed by atoms with E-state index in [9.17, 15) is 4.79 Å². The molecule has 2 aliphatic rings. The lowest BCUT2D eigenvalue weighted by Gasteiger charge is -2.43. The molecule has 0 atom stereocenters. The molecule has 3 heterocycles. The number of nitrogens with one attached hydrogen (secondary N) is 1. The van der Waals surface area contributed by atoms with Gasteiger partial charge in [0, 0.05) is 56.3 Å². The fraction of sp³-hybridized carbons (Fsp3) is 0.500. The second kappa shape index (κ2) is 5.86. The number of thiophene rings is 1. The summed E-state index contributed by atoms with van der Waals surface area (Å²) in [7, 11) is 0. The van der Waals surface area contributed by atoms with Gasteiger partial charge in [0.1, 0.15) is 0 Å². The van der Waals surface area contributed by atoms with Crippen molar-refractivity contribution in [2.45, 2.75) is 6.04 Å². The minimum atomic E-state index is 0.139. The van der Waals surface area contributed by atoms with Crippen LogP contribution in [0.4, 0.5) is 0 Å². The van der Waals surface area contributed by atoms with Gasteiger partial charge in [0.05, 0.1) is 0 Å². The molecule has 0 radical (unpaired) electrons. The largest absolute Gasteiger partial charge is 0.337 e. The van der Waals surface area contributed by atoms with E-state index in [0.717, 1.165) is 44.1 Å².